The lowest BCUT2D eigenvalue weighted by Crippen LogP contribution is -2.03. The summed E-state index contributed by atoms with van der Waals surface area (Å²) >= 11 is 5.99. The maximum absolute atomic E-state index is 5.99. The molecule has 0 unspecified atom stereocenters. The van der Waals surface area contributed by atoms with Crippen molar-refractivity contribution >= 4 is 11.6 Å². The van der Waals surface area contributed by atoms with Crippen molar-refractivity contribution in [2.75, 3.05) is 0 Å². The van der Waals surface area contributed by atoms with E-state index in [4.69, 9.17) is 11.6 Å². The Balaban J connectivity index is 2.40. The van der Waals surface area contributed by atoms with Crippen molar-refractivity contribution in [2.24, 2.45) is 0 Å². The lowest BCUT2D eigenvalue weighted by atomic mass is 10.1. The summed E-state index contributed by atoms with van der Waals surface area (Å²) in [6.45, 7) is 4.14. The van der Waals surface area contributed by atoms with E-state index in [-0.39, 0.29) is 5.92 Å². The van der Waals surface area contributed by atoms with Gasteiger partial charge >= 0.3 is 0 Å². The number of hydrogen-bond donors (Lipinski definition) is 0. The fraction of sp³-hybridized carbons (Fsp3) is 0.400. The molecule has 0 saturated carbocycles. The second-order valence-electron chi connectivity index (χ2n) is 3.51. The van der Waals surface area contributed by atoms with Crippen molar-refractivity contribution in [3.05, 3.63) is 29.6 Å². The van der Waals surface area contributed by atoms with E-state index in [1.165, 1.54) is 4.68 Å². The van der Waals surface area contributed by atoms with Gasteiger partial charge in [-0.2, -0.15) is 4.68 Å². The van der Waals surface area contributed by atoms with E-state index in [0.717, 1.165) is 12.2 Å². The van der Waals surface area contributed by atoms with Crippen LogP contribution in [0.1, 0.15) is 32.0 Å². The van der Waals surface area contributed by atoms with Gasteiger partial charge in [0.1, 0.15) is 0 Å². The predicted molar refractivity (Wildman–Crippen MR) is 60.7 cm³/mol. The molecule has 2 rings (SSSR count). The lowest BCUT2D eigenvalue weighted by Gasteiger charge is -2.00. The van der Waals surface area contributed by atoms with Crippen molar-refractivity contribution in [1.29, 1.82) is 0 Å². The Bertz CT molecular complexity index is 467. The highest BCUT2D eigenvalue weighted by molar-refractivity contribution is 6.28. The second-order valence-corrected chi connectivity index (χ2v) is 3.85. The standard InChI is InChI=1S/C10H12ClN5/c1-3-7(2)8-14-9(11)16(15-8)10-12-5-4-6-13-10/h4-7H,3H2,1-2H3/t7-/m0/s1. The average molecular weight is 238 g/mol. The van der Waals surface area contributed by atoms with Gasteiger partial charge < -0.3 is 0 Å². The third-order valence-corrected chi connectivity index (χ3v) is 2.62. The van der Waals surface area contributed by atoms with Crippen LogP contribution in [0.15, 0.2) is 18.5 Å². The molecule has 84 valence electrons. The Morgan fingerprint density at radius 1 is 1.38 bits per heavy atom. The van der Waals surface area contributed by atoms with E-state index >= 15 is 0 Å². The number of halogens is 1. The van der Waals surface area contributed by atoms with Gasteiger partial charge in [0.2, 0.25) is 5.28 Å². The first-order valence-electron chi connectivity index (χ1n) is 5.12. The maximum Gasteiger partial charge on any atom is 0.253 e. The van der Waals surface area contributed by atoms with Crippen LogP contribution in [-0.4, -0.2) is 24.7 Å². The van der Waals surface area contributed by atoms with E-state index in [0.29, 0.717) is 11.2 Å². The van der Waals surface area contributed by atoms with Crippen LogP contribution in [0.5, 0.6) is 0 Å². The first-order valence-corrected chi connectivity index (χ1v) is 5.50. The molecule has 2 aromatic rings. The van der Waals surface area contributed by atoms with Crippen molar-refractivity contribution < 1.29 is 0 Å². The zero-order valence-corrected chi connectivity index (χ0v) is 9.89. The summed E-state index contributed by atoms with van der Waals surface area (Å²) in [5.74, 6) is 1.44. The van der Waals surface area contributed by atoms with E-state index in [2.05, 4.69) is 33.9 Å². The molecule has 0 amide bonds. The molecule has 16 heavy (non-hydrogen) atoms. The van der Waals surface area contributed by atoms with Crippen LogP contribution in [0.2, 0.25) is 5.28 Å². The molecular weight excluding hydrogens is 226 g/mol. The zero-order valence-electron chi connectivity index (χ0n) is 9.13. The van der Waals surface area contributed by atoms with Gasteiger partial charge in [0, 0.05) is 18.3 Å². The van der Waals surface area contributed by atoms with Crippen molar-refractivity contribution in [3.8, 4) is 5.95 Å². The third-order valence-electron chi connectivity index (χ3n) is 2.38. The molecule has 0 spiro atoms. The monoisotopic (exact) mass is 237 g/mol. The van der Waals surface area contributed by atoms with Gasteiger partial charge in [0.15, 0.2) is 5.82 Å². The normalized spacial score (nSPS) is 12.7. The van der Waals surface area contributed by atoms with Crippen molar-refractivity contribution in [3.63, 3.8) is 0 Å². The van der Waals surface area contributed by atoms with Crippen LogP contribution in [0.4, 0.5) is 0 Å². The van der Waals surface area contributed by atoms with Crippen molar-refractivity contribution in [1.82, 2.24) is 24.7 Å². The molecule has 0 aliphatic carbocycles. The van der Waals surface area contributed by atoms with Gasteiger partial charge in [-0.25, -0.2) is 15.0 Å². The molecule has 5 nitrogen and oxygen atoms in total. The SMILES string of the molecule is CC[C@H](C)c1nc(Cl)n(-c2ncccn2)n1. The molecule has 0 radical (unpaired) electrons. The minimum Gasteiger partial charge on any atom is -0.220 e. The molecule has 2 aromatic heterocycles. The van der Waals surface area contributed by atoms with E-state index in [1.54, 1.807) is 18.5 Å². The first-order chi connectivity index (χ1) is 7.72. The maximum atomic E-state index is 5.99. The van der Waals surface area contributed by atoms with Gasteiger partial charge in [-0.05, 0) is 24.1 Å². The molecule has 0 saturated heterocycles. The summed E-state index contributed by atoms with van der Waals surface area (Å²) in [6.07, 6.45) is 4.25. The van der Waals surface area contributed by atoms with Crippen LogP contribution in [0.3, 0.4) is 0 Å². The average Bonchev–Trinajstić information content (AvgIpc) is 2.71. The highest BCUT2D eigenvalue weighted by atomic mass is 35.5. The minimum atomic E-state index is 0.280. The number of hydrogen-bond acceptors (Lipinski definition) is 4. The Kier molecular flexibility index (Phi) is 3.14. The van der Waals surface area contributed by atoms with Gasteiger partial charge in [-0.15, -0.1) is 5.10 Å². The number of aromatic nitrogens is 5. The zero-order chi connectivity index (χ0) is 11.5. The van der Waals surface area contributed by atoms with Crippen LogP contribution < -0.4 is 0 Å². The largest absolute Gasteiger partial charge is 0.253 e. The Hall–Kier alpha value is -1.49. The highest BCUT2D eigenvalue weighted by Gasteiger charge is 2.14. The molecule has 0 N–H and O–H groups in total. The molecular formula is C10H12ClN5. The fourth-order valence-electron chi connectivity index (χ4n) is 1.23. The summed E-state index contributed by atoms with van der Waals surface area (Å²) < 4.78 is 1.45. The van der Waals surface area contributed by atoms with Gasteiger partial charge in [0.25, 0.3) is 5.95 Å². The molecule has 0 aromatic carbocycles. The Labute approximate surface area is 98.5 Å². The fourth-order valence-corrected chi connectivity index (χ4v) is 1.43. The van der Waals surface area contributed by atoms with Gasteiger partial charge in [-0.1, -0.05) is 13.8 Å². The van der Waals surface area contributed by atoms with Crippen LogP contribution in [-0.2, 0) is 0 Å². The first kappa shape index (κ1) is 11.0. The molecule has 0 bridgehead atoms. The van der Waals surface area contributed by atoms with E-state index < -0.39 is 0 Å². The summed E-state index contributed by atoms with van der Waals surface area (Å²) in [4.78, 5) is 12.3. The summed E-state index contributed by atoms with van der Waals surface area (Å²) in [6, 6.07) is 1.74. The molecule has 6 heteroatoms. The molecule has 1 atom stereocenters. The van der Waals surface area contributed by atoms with Crippen LogP contribution in [0, 0.1) is 0 Å². The number of nitrogens with zero attached hydrogens (tertiary/aromatic N) is 5. The second kappa shape index (κ2) is 4.57. The quantitative estimate of drug-likeness (QED) is 0.822. The van der Waals surface area contributed by atoms with E-state index in [1.807, 2.05) is 0 Å². The summed E-state index contributed by atoms with van der Waals surface area (Å²) in [5, 5.41) is 4.59. The van der Waals surface area contributed by atoms with E-state index in [9.17, 15) is 0 Å². The number of rotatable bonds is 3. The van der Waals surface area contributed by atoms with Crippen molar-refractivity contribution in [2.45, 2.75) is 26.2 Å². The third kappa shape index (κ3) is 2.04. The highest BCUT2D eigenvalue weighted by Crippen LogP contribution is 2.18. The smallest absolute Gasteiger partial charge is 0.220 e. The minimum absolute atomic E-state index is 0.280. The predicted octanol–water partition coefficient (Wildman–Crippen LogP) is 2.22. The molecule has 2 heterocycles. The molecule has 0 aliphatic heterocycles. The van der Waals surface area contributed by atoms with Gasteiger partial charge in [0.05, 0.1) is 0 Å². The molecule has 0 aliphatic rings. The summed E-state index contributed by atoms with van der Waals surface area (Å²) in [7, 11) is 0. The Morgan fingerprint density at radius 3 is 2.69 bits per heavy atom. The van der Waals surface area contributed by atoms with Gasteiger partial charge in [-0.3, -0.25) is 0 Å². The summed E-state index contributed by atoms with van der Waals surface area (Å²) in [5.41, 5.74) is 0. The van der Waals surface area contributed by atoms with Crippen LogP contribution in [0.25, 0.3) is 5.95 Å². The molecule has 0 fully saturated rings. The topological polar surface area (TPSA) is 56.5 Å². The lowest BCUT2D eigenvalue weighted by molar-refractivity contribution is 0.667. The van der Waals surface area contributed by atoms with Crippen LogP contribution >= 0.6 is 11.6 Å². The Morgan fingerprint density at radius 2 is 2.06 bits per heavy atom.